The van der Waals surface area contributed by atoms with Crippen LogP contribution in [0.5, 0.6) is 5.75 Å². The number of amides is 1. The molecule has 4 nitrogen and oxygen atoms in total. The van der Waals surface area contributed by atoms with Crippen LogP contribution in [0.1, 0.15) is 26.7 Å². The Bertz CT molecular complexity index is 433. The summed E-state index contributed by atoms with van der Waals surface area (Å²) < 4.78 is 18.2. The van der Waals surface area contributed by atoms with Gasteiger partial charge in [0.2, 0.25) is 5.91 Å². The zero-order valence-corrected chi connectivity index (χ0v) is 10.9. The van der Waals surface area contributed by atoms with Crippen molar-refractivity contribution in [3.05, 3.63) is 24.0 Å². The third-order valence-corrected chi connectivity index (χ3v) is 2.70. The molecule has 1 unspecified atom stereocenters. The van der Waals surface area contributed by atoms with E-state index in [0.717, 1.165) is 6.42 Å². The van der Waals surface area contributed by atoms with Gasteiger partial charge in [-0.1, -0.05) is 13.3 Å². The summed E-state index contributed by atoms with van der Waals surface area (Å²) in [5.74, 6) is -0.712. The van der Waals surface area contributed by atoms with Gasteiger partial charge in [-0.2, -0.15) is 0 Å². The van der Waals surface area contributed by atoms with E-state index >= 15 is 0 Å². The average Bonchev–Trinajstić information content (AvgIpc) is 2.29. The molecular weight excluding hydrogens is 235 g/mol. The largest absolute Gasteiger partial charge is 0.494 e. The number of nitrogens with two attached hydrogens (primary N) is 1. The van der Waals surface area contributed by atoms with Gasteiger partial charge in [-0.15, -0.1) is 0 Å². The third kappa shape index (κ3) is 3.43. The predicted molar refractivity (Wildman–Crippen MR) is 69.1 cm³/mol. The van der Waals surface area contributed by atoms with Gasteiger partial charge in [0.25, 0.3) is 0 Å². The average molecular weight is 254 g/mol. The lowest BCUT2D eigenvalue weighted by Gasteiger charge is -2.22. The van der Waals surface area contributed by atoms with E-state index in [1.54, 1.807) is 13.0 Å². The Morgan fingerprint density at radius 2 is 2.22 bits per heavy atom. The SMILES string of the molecule is CCCC(C)(N)C(=O)Nc1ccc(OC)c(F)c1. The Labute approximate surface area is 106 Å². The number of hydrogen-bond acceptors (Lipinski definition) is 3. The van der Waals surface area contributed by atoms with Gasteiger partial charge in [0, 0.05) is 11.8 Å². The minimum Gasteiger partial charge on any atom is -0.494 e. The molecule has 5 heteroatoms. The normalized spacial score (nSPS) is 13.8. The quantitative estimate of drug-likeness (QED) is 0.847. The fraction of sp³-hybridized carbons (Fsp3) is 0.462. The lowest BCUT2D eigenvalue weighted by molar-refractivity contribution is -0.120. The number of halogens is 1. The molecule has 0 aliphatic carbocycles. The molecule has 0 spiro atoms. The molecule has 0 saturated carbocycles. The van der Waals surface area contributed by atoms with Gasteiger partial charge in [-0.05, 0) is 25.5 Å². The number of nitrogens with one attached hydrogen (secondary N) is 1. The van der Waals surface area contributed by atoms with Crippen LogP contribution in [0.4, 0.5) is 10.1 Å². The van der Waals surface area contributed by atoms with Crippen molar-refractivity contribution in [2.24, 2.45) is 5.73 Å². The highest BCUT2D eigenvalue weighted by Gasteiger charge is 2.27. The molecule has 0 saturated heterocycles. The molecule has 1 amide bonds. The summed E-state index contributed by atoms with van der Waals surface area (Å²) in [6.07, 6.45) is 1.37. The van der Waals surface area contributed by atoms with Crippen molar-refractivity contribution in [1.29, 1.82) is 0 Å². The van der Waals surface area contributed by atoms with Gasteiger partial charge in [-0.25, -0.2) is 4.39 Å². The zero-order chi connectivity index (χ0) is 13.8. The number of hydrogen-bond donors (Lipinski definition) is 2. The van der Waals surface area contributed by atoms with Gasteiger partial charge in [-0.3, -0.25) is 4.79 Å². The Morgan fingerprint density at radius 1 is 1.56 bits per heavy atom. The van der Waals surface area contributed by atoms with Crippen molar-refractivity contribution in [3.63, 3.8) is 0 Å². The van der Waals surface area contributed by atoms with Gasteiger partial charge in [0.1, 0.15) is 0 Å². The van der Waals surface area contributed by atoms with Crippen molar-refractivity contribution in [2.45, 2.75) is 32.2 Å². The standard InChI is InChI=1S/C13H19FN2O2/c1-4-7-13(2,15)12(17)16-9-5-6-11(18-3)10(14)8-9/h5-6,8H,4,7,15H2,1-3H3,(H,16,17). The predicted octanol–water partition coefficient (Wildman–Crippen LogP) is 2.29. The number of benzene rings is 1. The van der Waals surface area contributed by atoms with Gasteiger partial charge in [0.05, 0.1) is 12.6 Å². The first-order valence-corrected chi connectivity index (χ1v) is 5.84. The number of ether oxygens (including phenoxy) is 1. The summed E-state index contributed by atoms with van der Waals surface area (Å²) in [5.41, 5.74) is 5.30. The number of carbonyl (C=O) groups excluding carboxylic acids is 1. The first-order chi connectivity index (χ1) is 8.40. The molecule has 1 aromatic carbocycles. The van der Waals surface area contributed by atoms with Gasteiger partial charge < -0.3 is 15.8 Å². The Hall–Kier alpha value is -1.62. The summed E-state index contributed by atoms with van der Waals surface area (Å²) in [5, 5.41) is 2.60. The van der Waals surface area contributed by atoms with Crippen LogP contribution in [0.25, 0.3) is 0 Å². The van der Waals surface area contributed by atoms with Crippen LogP contribution < -0.4 is 15.8 Å². The smallest absolute Gasteiger partial charge is 0.244 e. The molecule has 0 aliphatic rings. The van der Waals surface area contributed by atoms with Crippen molar-refractivity contribution >= 4 is 11.6 Å². The summed E-state index contributed by atoms with van der Waals surface area (Å²) in [4.78, 5) is 11.9. The van der Waals surface area contributed by atoms with Crippen molar-refractivity contribution in [2.75, 3.05) is 12.4 Å². The zero-order valence-electron chi connectivity index (χ0n) is 10.9. The minimum absolute atomic E-state index is 0.136. The fourth-order valence-electron chi connectivity index (χ4n) is 1.65. The van der Waals surface area contributed by atoms with Crippen LogP contribution in [0, 0.1) is 5.82 Å². The molecule has 0 fully saturated rings. The molecule has 3 N–H and O–H groups in total. The van der Waals surface area contributed by atoms with Crippen molar-refractivity contribution in [1.82, 2.24) is 0 Å². The van der Waals surface area contributed by atoms with Crippen LogP contribution in [-0.2, 0) is 4.79 Å². The lowest BCUT2D eigenvalue weighted by atomic mass is 9.96. The second-order valence-corrected chi connectivity index (χ2v) is 4.47. The molecule has 100 valence electrons. The minimum atomic E-state index is -0.953. The van der Waals surface area contributed by atoms with Crippen molar-refractivity contribution < 1.29 is 13.9 Å². The van der Waals surface area contributed by atoms with Crippen LogP contribution in [0.15, 0.2) is 18.2 Å². The van der Waals surface area contributed by atoms with E-state index in [9.17, 15) is 9.18 Å². The van der Waals surface area contributed by atoms with Gasteiger partial charge in [0.15, 0.2) is 11.6 Å². The van der Waals surface area contributed by atoms with Crippen LogP contribution in [0.3, 0.4) is 0 Å². The molecule has 1 rings (SSSR count). The van der Waals surface area contributed by atoms with Crippen LogP contribution >= 0.6 is 0 Å². The number of carbonyl (C=O) groups is 1. The number of rotatable bonds is 5. The first kappa shape index (κ1) is 14.4. The highest BCUT2D eigenvalue weighted by Crippen LogP contribution is 2.21. The van der Waals surface area contributed by atoms with E-state index in [0.29, 0.717) is 12.1 Å². The topological polar surface area (TPSA) is 64.4 Å². The van der Waals surface area contributed by atoms with E-state index in [4.69, 9.17) is 10.5 Å². The van der Waals surface area contributed by atoms with Gasteiger partial charge >= 0.3 is 0 Å². The molecule has 0 heterocycles. The molecule has 0 radical (unpaired) electrons. The lowest BCUT2D eigenvalue weighted by Crippen LogP contribution is -2.48. The second-order valence-electron chi connectivity index (χ2n) is 4.47. The molecule has 1 aromatic rings. The molecule has 18 heavy (non-hydrogen) atoms. The van der Waals surface area contributed by atoms with E-state index < -0.39 is 11.4 Å². The molecule has 0 aromatic heterocycles. The number of methoxy groups -OCH3 is 1. The summed E-state index contributed by atoms with van der Waals surface area (Å²) >= 11 is 0. The highest BCUT2D eigenvalue weighted by atomic mass is 19.1. The van der Waals surface area contributed by atoms with E-state index in [-0.39, 0.29) is 11.7 Å². The summed E-state index contributed by atoms with van der Waals surface area (Å²) in [6.45, 7) is 3.61. The maximum absolute atomic E-state index is 13.4. The van der Waals surface area contributed by atoms with E-state index in [1.165, 1.54) is 19.2 Å². The van der Waals surface area contributed by atoms with Crippen LogP contribution in [-0.4, -0.2) is 18.6 Å². The van der Waals surface area contributed by atoms with Crippen LogP contribution in [0.2, 0.25) is 0 Å². The maximum atomic E-state index is 13.4. The monoisotopic (exact) mass is 254 g/mol. The highest BCUT2D eigenvalue weighted by molar-refractivity contribution is 5.97. The Kier molecular flexibility index (Phi) is 4.67. The van der Waals surface area contributed by atoms with Crippen molar-refractivity contribution in [3.8, 4) is 5.75 Å². The maximum Gasteiger partial charge on any atom is 0.244 e. The molecular formula is C13H19FN2O2. The second kappa shape index (κ2) is 5.82. The van der Waals surface area contributed by atoms with E-state index in [2.05, 4.69) is 5.32 Å². The third-order valence-electron chi connectivity index (χ3n) is 2.70. The molecule has 0 aliphatic heterocycles. The first-order valence-electron chi connectivity index (χ1n) is 5.84. The fourth-order valence-corrected chi connectivity index (χ4v) is 1.65. The Morgan fingerprint density at radius 3 is 2.72 bits per heavy atom. The molecule has 0 bridgehead atoms. The summed E-state index contributed by atoms with van der Waals surface area (Å²) in [7, 11) is 1.38. The summed E-state index contributed by atoms with van der Waals surface area (Å²) in [6, 6.07) is 4.24. The Balaban J connectivity index is 2.79. The number of anilines is 1. The molecule has 1 atom stereocenters. The van der Waals surface area contributed by atoms with E-state index in [1.807, 2.05) is 6.92 Å².